The summed E-state index contributed by atoms with van der Waals surface area (Å²) >= 11 is 0. The van der Waals surface area contributed by atoms with Crippen LogP contribution in [0.3, 0.4) is 0 Å². The van der Waals surface area contributed by atoms with E-state index in [0.29, 0.717) is 24.2 Å². The number of nitrogens with one attached hydrogen (secondary N) is 1. The van der Waals surface area contributed by atoms with Gasteiger partial charge < -0.3 is 10.2 Å². The van der Waals surface area contributed by atoms with Crippen molar-refractivity contribution in [1.82, 2.24) is 30.0 Å². The number of rotatable bonds is 4. The molecule has 28 heavy (non-hydrogen) atoms. The molecule has 142 valence electrons. The molecule has 3 aromatic rings. The van der Waals surface area contributed by atoms with Gasteiger partial charge in [0.05, 0.1) is 23.7 Å². The summed E-state index contributed by atoms with van der Waals surface area (Å²) in [5.74, 6) is -0.609. The van der Waals surface area contributed by atoms with E-state index in [1.54, 1.807) is 21.7 Å². The molecule has 0 spiro atoms. The molecule has 0 aromatic carbocycles. The van der Waals surface area contributed by atoms with Gasteiger partial charge in [-0.1, -0.05) is 11.3 Å². The van der Waals surface area contributed by atoms with E-state index < -0.39 is 11.4 Å². The van der Waals surface area contributed by atoms with E-state index in [1.165, 1.54) is 12.3 Å². The Bertz CT molecular complexity index is 1100. The number of nitrogens with zero attached hydrogens (tertiary/aromatic N) is 5. The second-order valence-electron chi connectivity index (χ2n) is 7.44. The lowest BCUT2D eigenvalue weighted by Gasteiger charge is -2.21. The predicted octanol–water partition coefficient (Wildman–Crippen LogP) is 0.837. The average molecular weight is 380 g/mol. The number of hydrogen-bond acceptors (Lipinski definition) is 5. The molecule has 1 saturated carbocycles. The first-order chi connectivity index (χ1) is 13.5. The number of carbonyl (C=O) groups is 2. The van der Waals surface area contributed by atoms with Gasteiger partial charge in [0, 0.05) is 31.4 Å². The molecule has 1 saturated heterocycles. The number of piperidine rings is 1. The van der Waals surface area contributed by atoms with E-state index in [0.717, 1.165) is 12.6 Å². The first-order valence-electron chi connectivity index (χ1n) is 9.04. The van der Waals surface area contributed by atoms with Gasteiger partial charge in [0.1, 0.15) is 5.82 Å². The largest absolute Gasteiger partial charge is 0.343 e. The Hall–Kier alpha value is -3.36. The van der Waals surface area contributed by atoms with Crippen LogP contribution in [0, 0.1) is 11.7 Å². The maximum Gasteiger partial charge on any atom is 0.274 e. The van der Waals surface area contributed by atoms with Crippen molar-refractivity contribution in [1.29, 1.82) is 0 Å². The van der Waals surface area contributed by atoms with E-state index in [4.69, 9.17) is 0 Å². The molecule has 1 aliphatic heterocycles. The molecule has 1 aliphatic carbocycles. The third-order valence-corrected chi connectivity index (χ3v) is 5.52. The van der Waals surface area contributed by atoms with Crippen LogP contribution in [-0.2, 0) is 11.2 Å². The van der Waals surface area contributed by atoms with Crippen LogP contribution in [0.25, 0.3) is 5.52 Å². The Labute approximate surface area is 159 Å². The van der Waals surface area contributed by atoms with E-state index in [9.17, 15) is 14.0 Å². The van der Waals surface area contributed by atoms with Gasteiger partial charge in [0.15, 0.2) is 5.69 Å². The summed E-state index contributed by atoms with van der Waals surface area (Å²) in [7, 11) is 0. The minimum absolute atomic E-state index is 0.0944. The highest BCUT2D eigenvalue weighted by Gasteiger charge is 2.61. The predicted molar refractivity (Wildman–Crippen MR) is 95.8 cm³/mol. The molecule has 8 nitrogen and oxygen atoms in total. The number of fused-ring (bicyclic) bond motifs is 2. The van der Waals surface area contributed by atoms with E-state index >= 15 is 0 Å². The lowest BCUT2D eigenvalue weighted by molar-refractivity contribution is -0.130. The molecule has 0 unspecified atom stereocenters. The summed E-state index contributed by atoms with van der Waals surface area (Å²) in [5.41, 5.74) is 1.05. The normalized spacial score (nSPS) is 22.9. The van der Waals surface area contributed by atoms with Crippen molar-refractivity contribution in [2.45, 2.75) is 18.4 Å². The number of amides is 2. The van der Waals surface area contributed by atoms with Crippen LogP contribution < -0.4 is 5.32 Å². The molecule has 0 bridgehead atoms. The standard InChI is InChI=1S/C19H17FN6O2/c20-14-5-12(8-21-9-14)6-16(27)25-10-13-7-19(13,11-25)22-18(28)17-15-3-1-2-4-26(15)24-23-17/h1-5,8-9,13H,6-7,10-11H2,(H,22,28)/t13-,19-/m0/s1. The topological polar surface area (TPSA) is 92.5 Å². The molecule has 1 N–H and O–H groups in total. The maximum atomic E-state index is 13.3. The van der Waals surface area contributed by atoms with Crippen molar-refractivity contribution in [2.24, 2.45) is 5.92 Å². The molecule has 2 amide bonds. The average Bonchev–Trinajstić information content (AvgIpc) is 3.03. The zero-order valence-corrected chi connectivity index (χ0v) is 14.9. The molecule has 2 aliphatic rings. The molecular weight excluding hydrogens is 363 g/mol. The van der Waals surface area contributed by atoms with Gasteiger partial charge >= 0.3 is 0 Å². The molecule has 4 heterocycles. The van der Waals surface area contributed by atoms with Crippen LogP contribution in [-0.4, -0.2) is 55.2 Å². The molecule has 0 radical (unpaired) electrons. The number of hydrogen-bond donors (Lipinski definition) is 1. The minimum Gasteiger partial charge on any atom is -0.343 e. The summed E-state index contributed by atoms with van der Waals surface area (Å²) in [6.07, 6.45) is 5.26. The molecular formula is C19H17FN6O2. The van der Waals surface area contributed by atoms with Crippen molar-refractivity contribution in [3.05, 3.63) is 59.9 Å². The Morgan fingerprint density at radius 2 is 2.21 bits per heavy atom. The SMILES string of the molecule is O=C(N[C@]12C[C@H]1CN(C(=O)Cc1cncc(F)c1)C2)c1nnn2ccccc12. The number of pyridine rings is 2. The second-order valence-corrected chi connectivity index (χ2v) is 7.44. The van der Waals surface area contributed by atoms with E-state index in [1.807, 2.05) is 12.1 Å². The minimum atomic E-state index is -0.459. The summed E-state index contributed by atoms with van der Waals surface area (Å²) < 4.78 is 14.8. The summed E-state index contributed by atoms with van der Waals surface area (Å²) in [5, 5.41) is 11.0. The van der Waals surface area contributed by atoms with Crippen molar-refractivity contribution in [3.8, 4) is 0 Å². The van der Waals surface area contributed by atoms with Crippen LogP contribution in [0.1, 0.15) is 22.5 Å². The first-order valence-corrected chi connectivity index (χ1v) is 9.04. The van der Waals surface area contributed by atoms with Gasteiger partial charge in [-0.05, 0) is 30.2 Å². The van der Waals surface area contributed by atoms with Gasteiger partial charge in [-0.15, -0.1) is 5.10 Å². The lowest BCUT2D eigenvalue weighted by Crippen LogP contribution is -2.44. The zero-order valence-electron chi connectivity index (χ0n) is 14.9. The van der Waals surface area contributed by atoms with Crippen LogP contribution in [0.2, 0.25) is 0 Å². The summed E-state index contributed by atoms with van der Waals surface area (Å²) in [6, 6.07) is 6.74. The van der Waals surface area contributed by atoms with Crippen LogP contribution in [0.15, 0.2) is 42.9 Å². The van der Waals surface area contributed by atoms with E-state index in [2.05, 4.69) is 20.6 Å². The number of likely N-dealkylation sites (tertiary alicyclic amines) is 1. The molecule has 2 fully saturated rings. The van der Waals surface area contributed by atoms with Crippen LogP contribution >= 0.6 is 0 Å². The zero-order chi connectivity index (χ0) is 19.3. The Balaban J connectivity index is 1.26. The van der Waals surface area contributed by atoms with Gasteiger partial charge in [-0.3, -0.25) is 14.6 Å². The van der Waals surface area contributed by atoms with Crippen LogP contribution in [0.4, 0.5) is 4.39 Å². The van der Waals surface area contributed by atoms with Gasteiger partial charge in [0.25, 0.3) is 5.91 Å². The Kier molecular flexibility index (Phi) is 3.65. The quantitative estimate of drug-likeness (QED) is 0.724. The number of halogens is 1. The van der Waals surface area contributed by atoms with Crippen molar-refractivity contribution < 1.29 is 14.0 Å². The first kappa shape index (κ1) is 16.8. The van der Waals surface area contributed by atoms with Crippen LogP contribution in [0.5, 0.6) is 0 Å². The van der Waals surface area contributed by atoms with Crippen molar-refractivity contribution in [3.63, 3.8) is 0 Å². The summed E-state index contributed by atoms with van der Waals surface area (Å²) in [4.78, 5) is 30.8. The van der Waals surface area contributed by atoms with Gasteiger partial charge in [-0.2, -0.15) is 0 Å². The highest BCUT2D eigenvalue weighted by molar-refractivity contribution is 5.99. The van der Waals surface area contributed by atoms with Crippen molar-refractivity contribution in [2.75, 3.05) is 13.1 Å². The highest BCUT2D eigenvalue weighted by Crippen LogP contribution is 2.49. The molecule has 9 heteroatoms. The van der Waals surface area contributed by atoms with E-state index in [-0.39, 0.29) is 29.8 Å². The number of carbonyl (C=O) groups excluding carboxylic acids is 2. The maximum absolute atomic E-state index is 13.3. The summed E-state index contributed by atoms with van der Waals surface area (Å²) in [6.45, 7) is 1.04. The number of aromatic nitrogens is 4. The second kappa shape index (κ2) is 6.08. The Morgan fingerprint density at radius 3 is 3.07 bits per heavy atom. The fourth-order valence-electron chi connectivity index (χ4n) is 4.00. The van der Waals surface area contributed by atoms with Gasteiger partial charge in [0.2, 0.25) is 5.91 Å². The van der Waals surface area contributed by atoms with Crippen molar-refractivity contribution >= 4 is 17.3 Å². The fraction of sp³-hybridized carbons (Fsp3) is 0.316. The van der Waals surface area contributed by atoms with Gasteiger partial charge in [-0.25, -0.2) is 8.91 Å². The molecule has 3 aromatic heterocycles. The smallest absolute Gasteiger partial charge is 0.274 e. The molecule has 2 atom stereocenters. The monoisotopic (exact) mass is 380 g/mol. The molecule has 5 rings (SSSR count). The third kappa shape index (κ3) is 2.79. The third-order valence-electron chi connectivity index (χ3n) is 5.52. The highest BCUT2D eigenvalue weighted by atomic mass is 19.1. The fourth-order valence-corrected chi connectivity index (χ4v) is 4.00. The Morgan fingerprint density at radius 1 is 1.32 bits per heavy atom. The lowest BCUT2D eigenvalue weighted by atomic mass is 10.2.